The number of thioether (sulfide) groups is 1. The van der Waals surface area contributed by atoms with Crippen molar-refractivity contribution in [3.63, 3.8) is 0 Å². The zero-order valence-electron chi connectivity index (χ0n) is 10.3. The van der Waals surface area contributed by atoms with Crippen LogP contribution in [-0.4, -0.2) is 22.6 Å². The fraction of sp³-hybridized carbons (Fsp3) is 0.538. The van der Waals surface area contributed by atoms with Gasteiger partial charge in [0, 0.05) is 37.3 Å². The van der Waals surface area contributed by atoms with Gasteiger partial charge in [0.1, 0.15) is 0 Å². The molecular weight excluding hydrogens is 216 g/mol. The fourth-order valence-corrected chi connectivity index (χ4v) is 2.16. The largest absolute Gasteiger partial charge is 0.352 e. The Morgan fingerprint density at radius 2 is 2.25 bits per heavy atom. The topological polar surface area (TPSA) is 17.0 Å². The second kappa shape index (κ2) is 6.67. The molecule has 0 atom stereocenters. The highest BCUT2D eigenvalue weighted by Crippen LogP contribution is 2.12. The lowest BCUT2D eigenvalue weighted by atomic mass is 10.2. The minimum Gasteiger partial charge on any atom is -0.352 e. The number of aryl methyl sites for hydroxylation is 1. The molecule has 88 valence electrons. The average molecular weight is 236 g/mol. The summed E-state index contributed by atoms with van der Waals surface area (Å²) in [5.74, 6) is 4.52. The predicted octanol–water partition coefficient (Wildman–Crippen LogP) is 2.10. The normalized spacial score (nSPS) is 10.4. The van der Waals surface area contributed by atoms with Crippen molar-refractivity contribution in [2.75, 3.05) is 18.1 Å². The SMILES string of the molecule is C#CCSCCNCc1cc(C)n(C)c1C. The molecule has 0 saturated heterocycles. The van der Waals surface area contributed by atoms with Gasteiger partial charge >= 0.3 is 0 Å². The van der Waals surface area contributed by atoms with E-state index in [-0.39, 0.29) is 0 Å². The highest BCUT2D eigenvalue weighted by Gasteiger charge is 2.04. The third kappa shape index (κ3) is 3.62. The number of terminal acetylenes is 1. The summed E-state index contributed by atoms with van der Waals surface area (Å²) >= 11 is 1.80. The summed E-state index contributed by atoms with van der Waals surface area (Å²) in [4.78, 5) is 0. The van der Waals surface area contributed by atoms with Crippen molar-refractivity contribution in [3.05, 3.63) is 23.0 Å². The van der Waals surface area contributed by atoms with Crippen LogP contribution < -0.4 is 5.32 Å². The van der Waals surface area contributed by atoms with Crippen LogP contribution in [0, 0.1) is 26.2 Å². The Hall–Kier alpha value is -0.850. The maximum absolute atomic E-state index is 5.18. The molecule has 1 aromatic heterocycles. The molecular formula is C13H20N2S. The lowest BCUT2D eigenvalue weighted by molar-refractivity contribution is 0.723. The van der Waals surface area contributed by atoms with Crippen LogP contribution in [-0.2, 0) is 13.6 Å². The Morgan fingerprint density at radius 1 is 1.50 bits per heavy atom. The first kappa shape index (κ1) is 13.2. The molecule has 0 bridgehead atoms. The van der Waals surface area contributed by atoms with Crippen molar-refractivity contribution in [3.8, 4) is 12.3 Å². The quantitative estimate of drug-likeness (QED) is 0.602. The predicted molar refractivity (Wildman–Crippen MR) is 72.8 cm³/mol. The number of nitrogens with one attached hydrogen (secondary N) is 1. The zero-order chi connectivity index (χ0) is 12.0. The lowest BCUT2D eigenvalue weighted by Gasteiger charge is -2.04. The molecule has 16 heavy (non-hydrogen) atoms. The van der Waals surface area contributed by atoms with Gasteiger partial charge in [-0.3, -0.25) is 0 Å². The zero-order valence-corrected chi connectivity index (χ0v) is 11.2. The number of hydrogen-bond acceptors (Lipinski definition) is 2. The minimum atomic E-state index is 0.811. The molecule has 0 unspecified atom stereocenters. The van der Waals surface area contributed by atoms with Gasteiger partial charge in [-0.15, -0.1) is 18.2 Å². The van der Waals surface area contributed by atoms with Crippen LogP contribution in [0.25, 0.3) is 0 Å². The summed E-state index contributed by atoms with van der Waals surface area (Å²) in [5.41, 5.74) is 4.05. The summed E-state index contributed by atoms with van der Waals surface area (Å²) in [6.45, 7) is 6.26. The monoisotopic (exact) mass is 236 g/mol. The molecule has 1 heterocycles. The molecule has 1 aromatic rings. The summed E-state index contributed by atoms with van der Waals surface area (Å²) in [5, 5.41) is 3.44. The Morgan fingerprint density at radius 3 is 2.81 bits per heavy atom. The van der Waals surface area contributed by atoms with Gasteiger partial charge < -0.3 is 9.88 Å². The first-order valence-electron chi connectivity index (χ1n) is 5.50. The van der Waals surface area contributed by atoms with Gasteiger partial charge in [0.25, 0.3) is 0 Å². The third-order valence-electron chi connectivity index (χ3n) is 2.80. The van der Waals surface area contributed by atoms with Crippen molar-refractivity contribution in [2.24, 2.45) is 7.05 Å². The summed E-state index contributed by atoms with van der Waals surface area (Å²) in [6, 6.07) is 2.25. The molecule has 0 aliphatic rings. The van der Waals surface area contributed by atoms with Crippen LogP contribution in [0.5, 0.6) is 0 Å². The van der Waals surface area contributed by atoms with E-state index in [9.17, 15) is 0 Å². The number of hydrogen-bond donors (Lipinski definition) is 1. The van der Waals surface area contributed by atoms with Gasteiger partial charge in [-0.25, -0.2) is 0 Å². The molecule has 2 nitrogen and oxygen atoms in total. The Bertz CT molecular complexity index is 374. The molecule has 0 radical (unpaired) electrons. The summed E-state index contributed by atoms with van der Waals surface area (Å²) in [7, 11) is 2.11. The maximum Gasteiger partial charge on any atom is 0.0545 e. The van der Waals surface area contributed by atoms with E-state index >= 15 is 0 Å². The second-order valence-corrected chi connectivity index (χ2v) is 4.99. The molecule has 1 rings (SSSR count). The Labute approximate surface area is 103 Å². The number of nitrogens with zero attached hydrogens (tertiary/aromatic N) is 1. The van der Waals surface area contributed by atoms with E-state index in [1.165, 1.54) is 17.0 Å². The van der Waals surface area contributed by atoms with Crippen LogP contribution in [0.1, 0.15) is 17.0 Å². The van der Waals surface area contributed by atoms with Crippen molar-refractivity contribution in [1.82, 2.24) is 9.88 Å². The van der Waals surface area contributed by atoms with Gasteiger partial charge in [0.2, 0.25) is 0 Å². The van der Waals surface area contributed by atoms with Crippen molar-refractivity contribution in [1.29, 1.82) is 0 Å². The van der Waals surface area contributed by atoms with Crippen LogP contribution in [0.4, 0.5) is 0 Å². The standard InChI is InChI=1S/C13H20N2S/c1-5-7-16-8-6-14-10-13-9-11(2)15(4)12(13)3/h1,9,14H,6-8,10H2,2-4H3. The van der Waals surface area contributed by atoms with Gasteiger partial charge in [-0.1, -0.05) is 5.92 Å². The van der Waals surface area contributed by atoms with E-state index in [0.717, 1.165) is 24.6 Å². The molecule has 0 saturated carbocycles. The average Bonchev–Trinajstić information content (AvgIpc) is 2.51. The van der Waals surface area contributed by atoms with E-state index in [2.05, 4.69) is 42.8 Å². The molecule has 0 aliphatic carbocycles. The molecule has 3 heteroatoms. The summed E-state index contributed by atoms with van der Waals surface area (Å²) in [6.07, 6.45) is 5.18. The Kier molecular flexibility index (Phi) is 5.51. The lowest BCUT2D eigenvalue weighted by Crippen LogP contribution is -2.17. The van der Waals surface area contributed by atoms with E-state index < -0.39 is 0 Å². The Balaban J connectivity index is 2.27. The molecule has 1 N–H and O–H groups in total. The van der Waals surface area contributed by atoms with E-state index in [0.29, 0.717) is 0 Å². The number of aromatic nitrogens is 1. The van der Waals surface area contributed by atoms with Crippen LogP contribution >= 0.6 is 11.8 Å². The summed E-state index contributed by atoms with van der Waals surface area (Å²) < 4.78 is 2.23. The first-order chi connectivity index (χ1) is 7.66. The van der Waals surface area contributed by atoms with Crippen molar-refractivity contribution >= 4 is 11.8 Å². The van der Waals surface area contributed by atoms with E-state index in [1.807, 2.05) is 0 Å². The fourth-order valence-electron chi connectivity index (χ4n) is 1.61. The smallest absolute Gasteiger partial charge is 0.0545 e. The molecule has 0 spiro atoms. The molecule has 0 amide bonds. The third-order valence-corrected chi connectivity index (χ3v) is 3.67. The van der Waals surface area contributed by atoms with E-state index in [4.69, 9.17) is 6.42 Å². The van der Waals surface area contributed by atoms with Crippen LogP contribution in [0.3, 0.4) is 0 Å². The molecule has 0 aromatic carbocycles. The van der Waals surface area contributed by atoms with E-state index in [1.54, 1.807) is 11.8 Å². The maximum atomic E-state index is 5.18. The van der Waals surface area contributed by atoms with Gasteiger partial charge in [0.15, 0.2) is 0 Å². The van der Waals surface area contributed by atoms with Gasteiger partial charge in [-0.05, 0) is 25.5 Å². The van der Waals surface area contributed by atoms with Crippen molar-refractivity contribution in [2.45, 2.75) is 20.4 Å². The van der Waals surface area contributed by atoms with Crippen molar-refractivity contribution < 1.29 is 0 Å². The highest BCUT2D eigenvalue weighted by molar-refractivity contribution is 7.99. The van der Waals surface area contributed by atoms with Crippen LogP contribution in [0.2, 0.25) is 0 Å². The van der Waals surface area contributed by atoms with Gasteiger partial charge in [0.05, 0.1) is 5.75 Å². The minimum absolute atomic E-state index is 0.811. The first-order valence-corrected chi connectivity index (χ1v) is 6.66. The highest BCUT2D eigenvalue weighted by atomic mass is 32.2. The van der Waals surface area contributed by atoms with Crippen LogP contribution in [0.15, 0.2) is 6.07 Å². The molecule has 0 aliphatic heterocycles. The van der Waals surface area contributed by atoms with Gasteiger partial charge in [-0.2, -0.15) is 0 Å². The molecule has 0 fully saturated rings. The number of rotatable bonds is 6. The second-order valence-electron chi connectivity index (χ2n) is 3.89.